The van der Waals surface area contributed by atoms with Crippen LogP contribution in [0.15, 0.2) is 72.8 Å². The zero-order chi connectivity index (χ0) is 24.5. The van der Waals surface area contributed by atoms with Crippen molar-refractivity contribution in [2.24, 2.45) is 0 Å². The number of rotatable bonds is 10. The Morgan fingerprint density at radius 3 is 2.32 bits per heavy atom. The molecule has 0 aromatic heterocycles. The molecule has 1 atom stereocenters. The molecule has 0 bridgehead atoms. The van der Waals surface area contributed by atoms with E-state index in [0.29, 0.717) is 21.5 Å². The Bertz CT molecular complexity index is 1110. The van der Waals surface area contributed by atoms with Gasteiger partial charge in [-0.25, -0.2) is 0 Å². The average molecular weight is 501 g/mol. The van der Waals surface area contributed by atoms with Crippen LogP contribution < -0.4 is 14.8 Å². The van der Waals surface area contributed by atoms with Crippen LogP contribution >= 0.6 is 23.2 Å². The second-order valence-electron chi connectivity index (χ2n) is 7.60. The number of carbonyl (C=O) groups excluding carboxylic acids is 2. The highest BCUT2D eigenvalue weighted by Crippen LogP contribution is 2.21. The van der Waals surface area contributed by atoms with E-state index >= 15 is 0 Å². The van der Waals surface area contributed by atoms with Gasteiger partial charge >= 0.3 is 0 Å². The predicted octanol–water partition coefficient (Wildman–Crippen LogP) is 5.11. The van der Waals surface area contributed by atoms with Gasteiger partial charge in [-0.3, -0.25) is 9.59 Å². The molecule has 34 heavy (non-hydrogen) atoms. The first-order valence-electron chi connectivity index (χ1n) is 10.7. The number of hydrogen-bond acceptors (Lipinski definition) is 4. The van der Waals surface area contributed by atoms with E-state index in [0.717, 1.165) is 11.1 Å². The Hall–Kier alpha value is -3.22. The summed E-state index contributed by atoms with van der Waals surface area (Å²) in [5, 5.41) is 3.83. The molecular formula is C26H26Cl2N2O4. The Morgan fingerprint density at radius 2 is 1.68 bits per heavy atom. The van der Waals surface area contributed by atoms with Crippen molar-refractivity contribution in [3.05, 3.63) is 94.0 Å². The number of nitrogens with one attached hydrogen (secondary N) is 1. The van der Waals surface area contributed by atoms with Crippen LogP contribution in [0.2, 0.25) is 10.0 Å². The van der Waals surface area contributed by atoms with Gasteiger partial charge in [-0.1, -0.05) is 59.6 Å². The van der Waals surface area contributed by atoms with Gasteiger partial charge in [0.15, 0.2) is 6.61 Å². The van der Waals surface area contributed by atoms with E-state index in [1.165, 1.54) is 4.90 Å². The molecule has 0 aliphatic heterocycles. The van der Waals surface area contributed by atoms with Crippen LogP contribution in [0.25, 0.3) is 0 Å². The van der Waals surface area contributed by atoms with Crippen molar-refractivity contribution in [3.63, 3.8) is 0 Å². The topological polar surface area (TPSA) is 67.9 Å². The van der Waals surface area contributed by atoms with Crippen molar-refractivity contribution in [1.29, 1.82) is 0 Å². The lowest BCUT2D eigenvalue weighted by Gasteiger charge is -2.29. The predicted molar refractivity (Wildman–Crippen MR) is 133 cm³/mol. The van der Waals surface area contributed by atoms with Crippen molar-refractivity contribution >= 4 is 35.0 Å². The molecule has 178 valence electrons. The molecule has 3 aromatic rings. The maximum absolute atomic E-state index is 13.1. The van der Waals surface area contributed by atoms with Gasteiger partial charge in [0.05, 0.1) is 7.11 Å². The van der Waals surface area contributed by atoms with Crippen molar-refractivity contribution in [2.75, 3.05) is 13.7 Å². The molecule has 0 saturated carbocycles. The fourth-order valence-corrected chi connectivity index (χ4v) is 3.73. The maximum atomic E-state index is 13.1. The smallest absolute Gasteiger partial charge is 0.261 e. The number of halogens is 2. The standard InChI is InChI=1S/C26H26Cl2N2O4/c1-18(26(32)29-15-20-10-11-21(27)14-24(20)28)30(16-19-8-12-22(33-2)13-9-19)25(31)17-34-23-6-4-3-5-7-23/h3-14,18H,15-17H2,1-2H3,(H,29,32). The molecule has 0 aliphatic rings. The number of ether oxygens (including phenoxy) is 2. The first-order valence-corrected chi connectivity index (χ1v) is 11.4. The molecule has 1 unspecified atom stereocenters. The van der Waals surface area contributed by atoms with Gasteiger partial charge in [0.25, 0.3) is 5.91 Å². The molecular weight excluding hydrogens is 475 g/mol. The molecule has 2 amide bonds. The summed E-state index contributed by atoms with van der Waals surface area (Å²) in [6, 6.07) is 20.7. The van der Waals surface area contributed by atoms with Crippen molar-refractivity contribution < 1.29 is 19.1 Å². The highest BCUT2D eigenvalue weighted by molar-refractivity contribution is 6.35. The van der Waals surface area contributed by atoms with E-state index in [1.54, 1.807) is 44.4 Å². The van der Waals surface area contributed by atoms with Gasteiger partial charge in [0, 0.05) is 23.1 Å². The van der Waals surface area contributed by atoms with Gasteiger partial charge in [-0.05, 0) is 54.4 Å². The summed E-state index contributed by atoms with van der Waals surface area (Å²) in [4.78, 5) is 27.6. The quantitative estimate of drug-likeness (QED) is 0.419. The first-order chi connectivity index (χ1) is 16.4. The lowest BCUT2D eigenvalue weighted by molar-refractivity contribution is -0.142. The first kappa shape index (κ1) is 25.4. The molecule has 0 fully saturated rings. The minimum atomic E-state index is -0.750. The third-order valence-electron chi connectivity index (χ3n) is 5.25. The van der Waals surface area contributed by atoms with Gasteiger partial charge in [-0.2, -0.15) is 0 Å². The van der Waals surface area contributed by atoms with Crippen LogP contribution in [0.1, 0.15) is 18.1 Å². The van der Waals surface area contributed by atoms with Gasteiger partial charge in [0.1, 0.15) is 17.5 Å². The van der Waals surface area contributed by atoms with Gasteiger partial charge < -0.3 is 19.7 Å². The van der Waals surface area contributed by atoms with Gasteiger partial charge in [-0.15, -0.1) is 0 Å². The van der Waals surface area contributed by atoms with Crippen molar-refractivity contribution in [3.8, 4) is 11.5 Å². The maximum Gasteiger partial charge on any atom is 0.261 e. The number of amides is 2. The van der Waals surface area contributed by atoms with Gasteiger partial charge in [0.2, 0.25) is 5.91 Å². The summed E-state index contributed by atoms with van der Waals surface area (Å²) >= 11 is 12.2. The lowest BCUT2D eigenvalue weighted by Crippen LogP contribution is -2.48. The molecule has 3 rings (SSSR count). The molecule has 0 spiro atoms. The SMILES string of the molecule is COc1ccc(CN(C(=O)COc2ccccc2)C(C)C(=O)NCc2ccc(Cl)cc2Cl)cc1. The Morgan fingerprint density at radius 1 is 0.971 bits per heavy atom. The second kappa shape index (κ2) is 12.3. The highest BCUT2D eigenvalue weighted by Gasteiger charge is 2.26. The van der Waals surface area contributed by atoms with E-state index in [9.17, 15) is 9.59 Å². The highest BCUT2D eigenvalue weighted by atomic mass is 35.5. The molecule has 8 heteroatoms. The van der Waals surface area contributed by atoms with Crippen molar-refractivity contribution in [1.82, 2.24) is 10.2 Å². The van der Waals surface area contributed by atoms with E-state index in [-0.39, 0.29) is 31.5 Å². The molecule has 6 nitrogen and oxygen atoms in total. The number of carbonyl (C=O) groups is 2. The van der Waals surface area contributed by atoms with E-state index in [4.69, 9.17) is 32.7 Å². The molecule has 0 aliphatic carbocycles. The molecule has 1 N–H and O–H groups in total. The summed E-state index contributed by atoms with van der Waals surface area (Å²) in [6.07, 6.45) is 0. The number of nitrogens with zero attached hydrogens (tertiary/aromatic N) is 1. The van der Waals surface area contributed by atoms with Crippen LogP contribution in [-0.2, 0) is 22.7 Å². The minimum absolute atomic E-state index is 0.194. The fourth-order valence-electron chi connectivity index (χ4n) is 3.25. The molecule has 0 saturated heterocycles. The zero-order valence-electron chi connectivity index (χ0n) is 19.0. The van der Waals surface area contributed by atoms with Crippen LogP contribution in [0.3, 0.4) is 0 Å². The largest absolute Gasteiger partial charge is 0.497 e. The summed E-state index contributed by atoms with van der Waals surface area (Å²) in [5.74, 6) is 0.661. The summed E-state index contributed by atoms with van der Waals surface area (Å²) in [7, 11) is 1.59. The fraction of sp³-hybridized carbons (Fsp3) is 0.231. The molecule has 3 aromatic carbocycles. The monoisotopic (exact) mass is 500 g/mol. The number of methoxy groups -OCH3 is 1. The minimum Gasteiger partial charge on any atom is -0.497 e. The Labute approximate surface area is 209 Å². The number of hydrogen-bond donors (Lipinski definition) is 1. The average Bonchev–Trinajstić information content (AvgIpc) is 2.85. The zero-order valence-corrected chi connectivity index (χ0v) is 20.5. The summed E-state index contributed by atoms with van der Waals surface area (Å²) in [6.45, 7) is 1.94. The van der Waals surface area contributed by atoms with E-state index < -0.39 is 6.04 Å². The lowest BCUT2D eigenvalue weighted by atomic mass is 10.1. The normalized spacial score (nSPS) is 11.4. The van der Waals surface area contributed by atoms with Crippen LogP contribution in [-0.4, -0.2) is 36.5 Å². The summed E-state index contributed by atoms with van der Waals surface area (Å²) < 4.78 is 10.8. The number of para-hydroxylation sites is 1. The third-order valence-corrected chi connectivity index (χ3v) is 5.84. The van der Waals surface area contributed by atoms with E-state index in [2.05, 4.69) is 5.32 Å². The molecule has 0 radical (unpaired) electrons. The number of benzene rings is 3. The summed E-state index contributed by atoms with van der Waals surface area (Å²) in [5.41, 5.74) is 1.58. The van der Waals surface area contributed by atoms with Crippen molar-refractivity contribution in [2.45, 2.75) is 26.1 Å². The van der Waals surface area contributed by atoms with Crippen LogP contribution in [0, 0.1) is 0 Å². The third kappa shape index (κ3) is 7.14. The Balaban J connectivity index is 1.71. The van der Waals surface area contributed by atoms with Crippen LogP contribution in [0.4, 0.5) is 0 Å². The molecule has 0 heterocycles. The second-order valence-corrected chi connectivity index (χ2v) is 8.44. The Kier molecular flexibility index (Phi) is 9.19. The van der Waals surface area contributed by atoms with Crippen LogP contribution in [0.5, 0.6) is 11.5 Å². The van der Waals surface area contributed by atoms with E-state index in [1.807, 2.05) is 42.5 Å².